The second kappa shape index (κ2) is 8.69. The molecule has 1 aliphatic rings. The summed E-state index contributed by atoms with van der Waals surface area (Å²) in [7, 11) is 1.34. The SMILES string of the molecule is COC(=O)c1[nH]c2ccc(C)cc2c1NC(=O)C[NH+]1CC[NH+](c2ccccc2)CC1. The number of methoxy groups -OCH3 is 1. The Labute approximate surface area is 175 Å². The molecule has 1 fully saturated rings. The van der Waals surface area contributed by atoms with Crippen molar-refractivity contribution in [3.8, 4) is 0 Å². The van der Waals surface area contributed by atoms with Gasteiger partial charge < -0.3 is 19.9 Å². The molecule has 0 bridgehead atoms. The fourth-order valence-corrected chi connectivity index (χ4v) is 4.15. The van der Waals surface area contributed by atoms with Crippen molar-refractivity contribution in [2.24, 2.45) is 0 Å². The first-order chi connectivity index (χ1) is 14.5. The van der Waals surface area contributed by atoms with Crippen LogP contribution < -0.4 is 15.1 Å². The van der Waals surface area contributed by atoms with Crippen molar-refractivity contribution < 1.29 is 24.1 Å². The highest BCUT2D eigenvalue weighted by Gasteiger charge is 2.27. The summed E-state index contributed by atoms with van der Waals surface area (Å²) >= 11 is 0. The summed E-state index contributed by atoms with van der Waals surface area (Å²) < 4.78 is 4.89. The minimum atomic E-state index is -0.494. The number of benzene rings is 2. The van der Waals surface area contributed by atoms with Crippen LogP contribution in [0.2, 0.25) is 0 Å². The monoisotopic (exact) mass is 408 g/mol. The van der Waals surface area contributed by atoms with E-state index in [0.29, 0.717) is 12.2 Å². The van der Waals surface area contributed by atoms with E-state index in [1.165, 1.54) is 22.6 Å². The summed E-state index contributed by atoms with van der Waals surface area (Å²) in [4.78, 5) is 30.8. The Bertz CT molecular complexity index is 1050. The van der Waals surface area contributed by atoms with E-state index in [2.05, 4.69) is 34.6 Å². The van der Waals surface area contributed by atoms with Crippen molar-refractivity contribution in [1.82, 2.24) is 4.98 Å². The molecule has 0 saturated carbocycles. The number of carbonyl (C=O) groups excluding carboxylic acids is 2. The van der Waals surface area contributed by atoms with Crippen molar-refractivity contribution in [2.45, 2.75) is 6.92 Å². The van der Waals surface area contributed by atoms with Crippen molar-refractivity contribution in [3.63, 3.8) is 0 Å². The van der Waals surface area contributed by atoms with Crippen LogP contribution >= 0.6 is 0 Å². The second-order valence-corrected chi connectivity index (χ2v) is 7.86. The van der Waals surface area contributed by atoms with Gasteiger partial charge in [0.15, 0.2) is 6.54 Å². The number of piperazine rings is 1. The van der Waals surface area contributed by atoms with Gasteiger partial charge in [-0.2, -0.15) is 0 Å². The number of nitrogens with one attached hydrogen (secondary N) is 4. The number of aryl methyl sites for hydroxylation is 1. The van der Waals surface area contributed by atoms with Gasteiger partial charge in [0.25, 0.3) is 5.91 Å². The van der Waals surface area contributed by atoms with Crippen LogP contribution in [0.25, 0.3) is 10.9 Å². The fraction of sp³-hybridized carbons (Fsp3) is 0.304. The number of aromatic nitrogens is 1. The molecule has 156 valence electrons. The summed E-state index contributed by atoms with van der Waals surface area (Å²) in [6.45, 7) is 6.19. The molecule has 7 heteroatoms. The summed E-state index contributed by atoms with van der Waals surface area (Å²) in [5.74, 6) is -0.590. The lowest BCUT2D eigenvalue weighted by molar-refractivity contribution is -0.981. The van der Waals surface area contributed by atoms with Crippen LogP contribution in [0, 0.1) is 6.92 Å². The number of para-hydroxylation sites is 1. The maximum absolute atomic E-state index is 12.8. The molecule has 3 aromatic rings. The molecule has 0 unspecified atom stereocenters. The van der Waals surface area contributed by atoms with Crippen LogP contribution in [-0.4, -0.2) is 56.7 Å². The second-order valence-electron chi connectivity index (χ2n) is 7.86. The summed E-state index contributed by atoms with van der Waals surface area (Å²) in [6.07, 6.45) is 0. The normalized spacial score (nSPS) is 18.9. The van der Waals surface area contributed by atoms with Crippen molar-refractivity contribution in [3.05, 3.63) is 59.8 Å². The first-order valence-electron chi connectivity index (χ1n) is 10.3. The first-order valence-corrected chi connectivity index (χ1v) is 10.3. The van der Waals surface area contributed by atoms with E-state index >= 15 is 0 Å². The van der Waals surface area contributed by atoms with Gasteiger partial charge in [0.2, 0.25) is 0 Å². The topological polar surface area (TPSA) is 80.1 Å². The lowest BCUT2D eigenvalue weighted by Gasteiger charge is -2.29. The van der Waals surface area contributed by atoms with Gasteiger partial charge in [0.1, 0.15) is 37.6 Å². The van der Waals surface area contributed by atoms with Gasteiger partial charge >= 0.3 is 5.97 Å². The third-order valence-electron chi connectivity index (χ3n) is 5.76. The zero-order chi connectivity index (χ0) is 21.1. The minimum absolute atomic E-state index is 0.0966. The molecule has 2 aromatic carbocycles. The number of quaternary nitrogens is 2. The highest BCUT2D eigenvalue weighted by atomic mass is 16.5. The van der Waals surface area contributed by atoms with Crippen LogP contribution in [0.3, 0.4) is 0 Å². The standard InChI is InChI=1S/C23H26N4O3/c1-16-8-9-19-18(14-16)21(22(24-19)23(29)30-2)25-20(28)15-26-10-12-27(13-11-26)17-6-4-3-5-7-17/h3-9,14,24H,10-13,15H2,1-2H3,(H,25,28)/p+2. The molecule has 1 aliphatic heterocycles. The van der Waals surface area contributed by atoms with E-state index in [-0.39, 0.29) is 11.6 Å². The van der Waals surface area contributed by atoms with E-state index in [1.807, 2.05) is 31.2 Å². The molecule has 0 radical (unpaired) electrons. The highest BCUT2D eigenvalue weighted by Crippen LogP contribution is 2.29. The number of carbonyl (C=O) groups is 2. The number of esters is 1. The molecule has 4 N–H and O–H groups in total. The fourth-order valence-electron chi connectivity index (χ4n) is 4.15. The molecular weight excluding hydrogens is 380 g/mol. The van der Waals surface area contributed by atoms with Crippen LogP contribution in [-0.2, 0) is 9.53 Å². The zero-order valence-corrected chi connectivity index (χ0v) is 17.4. The van der Waals surface area contributed by atoms with Gasteiger partial charge in [-0.1, -0.05) is 29.8 Å². The number of hydrogen-bond acceptors (Lipinski definition) is 3. The van der Waals surface area contributed by atoms with Crippen LogP contribution in [0.4, 0.5) is 11.4 Å². The van der Waals surface area contributed by atoms with Crippen molar-refractivity contribution >= 4 is 34.2 Å². The summed E-state index contributed by atoms with van der Waals surface area (Å²) in [5, 5.41) is 3.78. The minimum Gasteiger partial charge on any atom is -0.464 e. The number of H-pyrrole nitrogens is 1. The third-order valence-corrected chi connectivity index (χ3v) is 5.76. The average molecular weight is 409 g/mol. The first kappa shape index (κ1) is 20.1. The van der Waals surface area contributed by atoms with Crippen molar-refractivity contribution in [1.29, 1.82) is 0 Å². The lowest BCUT2D eigenvalue weighted by atomic mass is 10.1. The molecule has 0 spiro atoms. The molecule has 1 amide bonds. The highest BCUT2D eigenvalue weighted by molar-refractivity contribution is 6.11. The maximum atomic E-state index is 12.8. The van der Waals surface area contributed by atoms with Crippen molar-refractivity contribution in [2.75, 3.05) is 45.2 Å². The smallest absolute Gasteiger partial charge is 0.356 e. The Morgan fingerprint density at radius 3 is 2.50 bits per heavy atom. The van der Waals surface area contributed by atoms with Gasteiger partial charge in [-0.15, -0.1) is 0 Å². The van der Waals surface area contributed by atoms with Crippen LogP contribution in [0.1, 0.15) is 16.1 Å². The number of aromatic amines is 1. The van der Waals surface area contributed by atoms with Crippen LogP contribution in [0.15, 0.2) is 48.5 Å². The maximum Gasteiger partial charge on any atom is 0.356 e. The van der Waals surface area contributed by atoms with Gasteiger partial charge in [0.05, 0.1) is 12.8 Å². The molecular formula is C23H28N4O3+2. The van der Waals surface area contributed by atoms with Gasteiger partial charge in [-0.25, -0.2) is 4.79 Å². The predicted molar refractivity (Wildman–Crippen MR) is 115 cm³/mol. The van der Waals surface area contributed by atoms with E-state index < -0.39 is 5.97 Å². The van der Waals surface area contributed by atoms with E-state index in [9.17, 15) is 9.59 Å². The number of fused-ring (bicyclic) bond motifs is 1. The summed E-state index contributed by atoms with van der Waals surface area (Å²) in [6, 6.07) is 16.3. The largest absolute Gasteiger partial charge is 0.464 e. The Morgan fingerprint density at radius 2 is 1.80 bits per heavy atom. The van der Waals surface area contributed by atoms with E-state index in [4.69, 9.17) is 4.74 Å². The Kier molecular flexibility index (Phi) is 5.83. The molecule has 0 atom stereocenters. The number of rotatable bonds is 5. The van der Waals surface area contributed by atoms with Gasteiger partial charge in [-0.3, -0.25) is 9.69 Å². The predicted octanol–water partition coefficient (Wildman–Crippen LogP) is 0.317. The Hall–Kier alpha value is -3.16. The Balaban J connectivity index is 1.44. The molecule has 1 aromatic heterocycles. The number of ether oxygens (including phenoxy) is 1. The third kappa shape index (κ3) is 4.22. The summed E-state index contributed by atoms with van der Waals surface area (Å²) in [5.41, 5.74) is 3.93. The number of hydrogen-bond donors (Lipinski definition) is 4. The van der Waals surface area contributed by atoms with E-state index in [1.54, 1.807) is 0 Å². The molecule has 0 aliphatic carbocycles. The lowest BCUT2D eigenvalue weighted by Crippen LogP contribution is -3.26. The molecule has 30 heavy (non-hydrogen) atoms. The van der Waals surface area contributed by atoms with Gasteiger partial charge in [0, 0.05) is 10.9 Å². The van der Waals surface area contributed by atoms with E-state index in [0.717, 1.165) is 42.6 Å². The number of anilines is 1. The average Bonchev–Trinajstić information content (AvgIpc) is 3.11. The molecule has 2 heterocycles. The molecule has 7 nitrogen and oxygen atoms in total. The molecule has 1 saturated heterocycles. The molecule has 4 rings (SSSR count). The number of amides is 1. The van der Waals surface area contributed by atoms with Gasteiger partial charge in [-0.05, 0) is 31.2 Å². The zero-order valence-electron chi connectivity index (χ0n) is 17.4. The van der Waals surface area contributed by atoms with Crippen LogP contribution in [0.5, 0.6) is 0 Å². The Morgan fingerprint density at radius 1 is 1.07 bits per heavy atom. The quantitative estimate of drug-likeness (QED) is 0.459.